The molecule has 0 spiro atoms. The Balaban J connectivity index is 1.75. The predicted molar refractivity (Wildman–Crippen MR) is 75.3 cm³/mol. The first-order valence-corrected chi connectivity index (χ1v) is 7.48. The van der Waals surface area contributed by atoms with Gasteiger partial charge in [0.25, 0.3) is 0 Å². The van der Waals surface area contributed by atoms with E-state index in [1.165, 1.54) is 6.07 Å². The third-order valence-corrected chi connectivity index (χ3v) is 4.09. The highest BCUT2D eigenvalue weighted by molar-refractivity contribution is 5.20. The molecule has 1 fully saturated rings. The second-order valence-electron chi connectivity index (χ2n) is 5.63. The molecule has 0 saturated heterocycles. The van der Waals surface area contributed by atoms with E-state index < -0.39 is 6.10 Å². The Morgan fingerprint density at radius 1 is 1.19 bits per heavy atom. The molecule has 5 heteroatoms. The van der Waals surface area contributed by atoms with Gasteiger partial charge in [-0.15, -0.1) is 0 Å². The van der Waals surface area contributed by atoms with Gasteiger partial charge in [-0.1, -0.05) is 42.6 Å². The number of nitrogens with zero attached hydrogens (tertiary/aromatic N) is 2. The Kier molecular flexibility index (Phi) is 4.29. The van der Waals surface area contributed by atoms with Crippen molar-refractivity contribution >= 4 is 0 Å². The molecule has 2 unspecified atom stereocenters. The molecule has 1 aliphatic carbocycles. The van der Waals surface area contributed by atoms with Gasteiger partial charge in [-0.3, -0.25) is 0 Å². The smallest absolute Gasteiger partial charge is 0.232 e. The largest absolute Gasteiger partial charge is 0.392 e. The average Bonchev–Trinajstić information content (AvgIpc) is 2.82. The topological polar surface area (TPSA) is 59.2 Å². The van der Waals surface area contributed by atoms with Crippen molar-refractivity contribution in [3.63, 3.8) is 0 Å². The molecular weight excluding hydrogens is 271 g/mol. The lowest BCUT2D eigenvalue weighted by molar-refractivity contribution is 0.119. The van der Waals surface area contributed by atoms with Gasteiger partial charge in [0.2, 0.25) is 5.89 Å². The fourth-order valence-corrected chi connectivity index (χ4v) is 2.88. The van der Waals surface area contributed by atoms with Gasteiger partial charge in [0.05, 0.1) is 12.0 Å². The van der Waals surface area contributed by atoms with Gasteiger partial charge in [-0.25, -0.2) is 4.39 Å². The van der Waals surface area contributed by atoms with Crippen LogP contribution in [0.3, 0.4) is 0 Å². The highest BCUT2D eigenvalue weighted by Gasteiger charge is 2.28. The summed E-state index contributed by atoms with van der Waals surface area (Å²) in [5.41, 5.74) is 0.547. The van der Waals surface area contributed by atoms with Crippen molar-refractivity contribution in [1.29, 1.82) is 0 Å². The van der Waals surface area contributed by atoms with Crippen LogP contribution in [0.15, 0.2) is 28.8 Å². The van der Waals surface area contributed by atoms with Crippen molar-refractivity contribution in [1.82, 2.24) is 10.1 Å². The second kappa shape index (κ2) is 6.35. The van der Waals surface area contributed by atoms with Gasteiger partial charge >= 0.3 is 0 Å². The van der Waals surface area contributed by atoms with Crippen LogP contribution in [0, 0.1) is 5.82 Å². The maximum Gasteiger partial charge on any atom is 0.232 e. The van der Waals surface area contributed by atoms with E-state index in [1.807, 2.05) is 0 Å². The fraction of sp³-hybridized carbons (Fsp3) is 0.500. The highest BCUT2D eigenvalue weighted by atomic mass is 19.1. The first kappa shape index (κ1) is 14.2. The molecule has 1 heterocycles. The van der Waals surface area contributed by atoms with Crippen LogP contribution in [0.1, 0.15) is 55.3 Å². The zero-order chi connectivity index (χ0) is 14.7. The molecule has 0 aliphatic heterocycles. The zero-order valence-electron chi connectivity index (χ0n) is 11.8. The summed E-state index contributed by atoms with van der Waals surface area (Å²) in [6.07, 6.45) is 4.75. The van der Waals surface area contributed by atoms with Gasteiger partial charge in [-0.05, 0) is 24.5 Å². The van der Waals surface area contributed by atoms with Crippen LogP contribution < -0.4 is 0 Å². The third-order valence-electron chi connectivity index (χ3n) is 4.09. The molecule has 3 rings (SSSR count). The number of rotatable bonds is 3. The summed E-state index contributed by atoms with van der Waals surface area (Å²) in [5, 5.41) is 14.1. The number of hydrogen-bond acceptors (Lipinski definition) is 4. The van der Waals surface area contributed by atoms with Crippen LogP contribution in [-0.4, -0.2) is 21.4 Å². The van der Waals surface area contributed by atoms with Gasteiger partial charge in [0.1, 0.15) is 5.82 Å². The molecule has 2 atom stereocenters. The molecule has 0 radical (unpaired) electrons. The van der Waals surface area contributed by atoms with Gasteiger partial charge in [0, 0.05) is 6.42 Å². The molecule has 0 bridgehead atoms. The molecule has 1 aliphatic rings. The molecule has 1 N–H and O–H groups in total. The maximum atomic E-state index is 13.6. The third kappa shape index (κ3) is 3.29. The van der Waals surface area contributed by atoms with Crippen LogP contribution in [0.2, 0.25) is 0 Å². The van der Waals surface area contributed by atoms with Gasteiger partial charge < -0.3 is 9.63 Å². The lowest BCUT2D eigenvalue weighted by Crippen LogP contribution is -2.17. The summed E-state index contributed by atoms with van der Waals surface area (Å²) < 4.78 is 18.9. The number of benzene rings is 1. The number of aliphatic hydroxyl groups excluding tert-OH is 1. The van der Waals surface area contributed by atoms with Gasteiger partial charge in [0.15, 0.2) is 5.82 Å². The minimum Gasteiger partial charge on any atom is -0.392 e. The molecule has 0 amide bonds. The van der Waals surface area contributed by atoms with Crippen molar-refractivity contribution in [3.05, 3.63) is 47.4 Å². The molecule has 21 heavy (non-hydrogen) atoms. The van der Waals surface area contributed by atoms with Crippen molar-refractivity contribution in [2.24, 2.45) is 0 Å². The lowest BCUT2D eigenvalue weighted by Gasteiger charge is -2.15. The zero-order valence-corrected chi connectivity index (χ0v) is 11.8. The Hall–Kier alpha value is -1.75. The highest BCUT2D eigenvalue weighted by Crippen LogP contribution is 2.31. The van der Waals surface area contributed by atoms with E-state index in [0.717, 1.165) is 32.1 Å². The minimum absolute atomic E-state index is 0.0885. The van der Waals surface area contributed by atoms with E-state index in [9.17, 15) is 9.50 Å². The Morgan fingerprint density at radius 3 is 2.86 bits per heavy atom. The van der Waals surface area contributed by atoms with E-state index in [2.05, 4.69) is 10.1 Å². The molecule has 1 saturated carbocycles. The Bertz CT molecular complexity index is 599. The molecule has 4 nitrogen and oxygen atoms in total. The summed E-state index contributed by atoms with van der Waals surface area (Å²) >= 11 is 0. The summed E-state index contributed by atoms with van der Waals surface area (Å²) in [6.45, 7) is 0. The Labute approximate surface area is 123 Å². The summed E-state index contributed by atoms with van der Waals surface area (Å²) in [7, 11) is 0. The van der Waals surface area contributed by atoms with Crippen LogP contribution in [0.25, 0.3) is 0 Å². The lowest BCUT2D eigenvalue weighted by atomic mass is 9.97. The number of hydrogen-bond donors (Lipinski definition) is 1. The maximum absolute atomic E-state index is 13.6. The van der Waals surface area contributed by atoms with Crippen LogP contribution >= 0.6 is 0 Å². The molecular formula is C16H19FN2O2. The summed E-state index contributed by atoms with van der Waals surface area (Å²) in [4.78, 5) is 4.36. The minimum atomic E-state index is -0.422. The Morgan fingerprint density at radius 2 is 2.00 bits per heavy atom. The van der Waals surface area contributed by atoms with E-state index in [1.54, 1.807) is 18.2 Å². The quantitative estimate of drug-likeness (QED) is 0.882. The molecule has 112 valence electrons. The van der Waals surface area contributed by atoms with Crippen LogP contribution in [-0.2, 0) is 6.42 Å². The molecule has 2 aromatic rings. The monoisotopic (exact) mass is 290 g/mol. The fourth-order valence-electron chi connectivity index (χ4n) is 2.88. The standard InChI is InChI=1S/C16H19FN2O2/c17-13-8-5-4-6-11(13)10-15-18-16(21-19-15)12-7-2-1-3-9-14(12)20/h4-6,8,12,14,20H,1-3,7,9-10H2. The van der Waals surface area contributed by atoms with Crippen LogP contribution in [0.5, 0.6) is 0 Å². The summed E-state index contributed by atoms with van der Waals surface area (Å²) in [6, 6.07) is 6.58. The van der Waals surface area contributed by atoms with Crippen molar-refractivity contribution in [2.45, 2.75) is 50.5 Å². The molecule has 1 aromatic carbocycles. The average molecular weight is 290 g/mol. The number of aliphatic hydroxyl groups is 1. The first-order chi connectivity index (χ1) is 10.2. The van der Waals surface area contributed by atoms with Gasteiger partial charge in [-0.2, -0.15) is 4.98 Å². The van der Waals surface area contributed by atoms with E-state index >= 15 is 0 Å². The summed E-state index contributed by atoms with van der Waals surface area (Å²) in [5.74, 6) is 0.593. The SMILES string of the molecule is OC1CCCCCC1c1nc(Cc2ccccc2F)no1. The molecule has 1 aromatic heterocycles. The van der Waals surface area contributed by atoms with Crippen molar-refractivity contribution in [2.75, 3.05) is 0 Å². The normalized spacial score (nSPS) is 23.0. The second-order valence-corrected chi connectivity index (χ2v) is 5.63. The van der Waals surface area contributed by atoms with E-state index in [0.29, 0.717) is 23.7 Å². The number of halogens is 1. The first-order valence-electron chi connectivity index (χ1n) is 7.48. The van der Waals surface area contributed by atoms with Crippen molar-refractivity contribution < 1.29 is 14.0 Å². The van der Waals surface area contributed by atoms with E-state index in [4.69, 9.17) is 4.52 Å². The number of aromatic nitrogens is 2. The van der Waals surface area contributed by atoms with Crippen molar-refractivity contribution in [3.8, 4) is 0 Å². The van der Waals surface area contributed by atoms with Crippen LogP contribution in [0.4, 0.5) is 4.39 Å². The van der Waals surface area contributed by atoms with E-state index in [-0.39, 0.29) is 11.7 Å². The predicted octanol–water partition coefficient (Wildman–Crippen LogP) is 3.21.